The molecule has 0 N–H and O–H groups in total. The number of rotatable bonds is 6. The number of esters is 2. The Bertz CT molecular complexity index is 671. The van der Waals surface area contributed by atoms with Gasteiger partial charge in [-0.05, 0) is 18.4 Å². The summed E-state index contributed by atoms with van der Waals surface area (Å²) in [5.41, 5.74) is -1.13. The number of aliphatic imine (C=N–C) groups is 1. The van der Waals surface area contributed by atoms with Gasteiger partial charge in [0.2, 0.25) is 5.72 Å². The molecular weight excluding hydrogens is 313 g/mol. The molecule has 6 heteroatoms. The molecule has 1 aliphatic rings. The predicted molar refractivity (Wildman–Crippen MR) is 86.9 cm³/mol. The molecule has 2 rings (SSSR count). The maximum Gasteiger partial charge on any atom is 0.354 e. The van der Waals surface area contributed by atoms with Crippen molar-refractivity contribution in [3.05, 3.63) is 35.6 Å². The average molecular weight is 335 g/mol. The van der Waals surface area contributed by atoms with Crippen LogP contribution in [-0.4, -0.2) is 24.8 Å². The van der Waals surface area contributed by atoms with Gasteiger partial charge in [-0.15, -0.1) is 0 Å². The van der Waals surface area contributed by atoms with Gasteiger partial charge in [0.1, 0.15) is 11.5 Å². The van der Waals surface area contributed by atoms with Gasteiger partial charge in [0.15, 0.2) is 0 Å². The van der Waals surface area contributed by atoms with E-state index in [9.17, 15) is 14.0 Å². The van der Waals surface area contributed by atoms with Crippen molar-refractivity contribution in [3.63, 3.8) is 0 Å². The van der Waals surface area contributed by atoms with E-state index in [-0.39, 0.29) is 23.6 Å². The standard InChI is InChI=1S/C18H22FNO4/c1-11(2)9-15-17(22)24-18(20-15,12(3)10-16(21)23-4)13-7-5-6-8-14(13)19/h5-8,11-12H,9-10H2,1-4H3/t12-,18-/m1/s1. The van der Waals surface area contributed by atoms with Crippen LogP contribution in [-0.2, 0) is 24.8 Å². The lowest BCUT2D eigenvalue weighted by molar-refractivity contribution is -0.158. The minimum absolute atomic E-state index is 0.0451. The van der Waals surface area contributed by atoms with Crippen LogP contribution in [0.1, 0.15) is 39.2 Å². The highest BCUT2D eigenvalue weighted by Gasteiger charge is 2.50. The first kappa shape index (κ1) is 18.1. The topological polar surface area (TPSA) is 65.0 Å². The lowest BCUT2D eigenvalue weighted by Crippen LogP contribution is -2.35. The fourth-order valence-corrected chi connectivity index (χ4v) is 2.80. The Morgan fingerprint density at radius 3 is 2.58 bits per heavy atom. The monoisotopic (exact) mass is 335 g/mol. The number of halogens is 1. The van der Waals surface area contributed by atoms with Gasteiger partial charge in [0.25, 0.3) is 0 Å². The van der Waals surface area contributed by atoms with E-state index in [1.807, 2.05) is 13.8 Å². The highest BCUT2D eigenvalue weighted by Crippen LogP contribution is 2.42. The third-order valence-corrected chi connectivity index (χ3v) is 4.01. The lowest BCUT2D eigenvalue weighted by atomic mass is 9.87. The minimum atomic E-state index is -1.54. The van der Waals surface area contributed by atoms with Gasteiger partial charge in [-0.2, -0.15) is 0 Å². The van der Waals surface area contributed by atoms with Gasteiger partial charge in [-0.3, -0.25) is 4.79 Å². The molecule has 130 valence electrons. The Kier molecular flexibility index (Phi) is 5.36. The highest BCUT2D eigenvalue weighted by molar-refractivity contribution is 6.37. The number of nitrogens with zero attached hydrogens (tertiary/aromatic N) is 1. The molecule has 0 saturated heterocycles. The molecule has 1 aliphatic heterocycles. The molecule has 0 aliphatic carbocycles. The van der Waals surface area contributed by atoms with Gasteiger partial charge in [0, 0.05) is 5.92 Å². The number of methoxy groups -OCH3 is 1. The first-order valence-electron chi connectivity index (χ1n) is 7.94. The van der Waals surface area contributed by atoms with Crippen LogP contribution in [0, 0.1) is 17.7 Å². The number of carbonyl (C=O) groups is 2. The van der Waals surface area contributed by atoms with E-state index in [1.165, 1.54) is 19.2 Å². The van der Waals surface area contributed by atoms with Crippen molar-refractivity contribution in [2.75, 3.05) is 7.11 Å². The molecule has 1 aromatic carbocycles. The van der Waals surface area contributed by atoms with Crippen molar-refractivity contribution in [1.82, 2.24) is 0 Å². The van der Waals surface area contributed by atoms with Crippen LogP contribution in [0.2, 0.25) is 0 Å². The van der Waals surface area contributed by atoms with Crippen LogP contribution in [0.3, 0.4) is 0 Å². The van der Waals surface area contributed by atoms with E-state index in [0.29, 0.717) is 6.42 Å². The molecule has 24 heavy (non-hydrogen) atoms. The lowest BCUT2D eigenvalue weighted by Gasteiger charge is -2.31. The number of hydrogen-bond acceptors (Lipinski definition) is 5. The molecule has 5 nitrogen and oxygen atoms in total. The number of benzene rings is 1. The van der Waals surface area contributed by atoms with Crippen LogP contribution in [0.25, 0.3) is 0 Å². The summed E-state index contributed by atoms with van der Waals surface area (Å²) in [6.45, 7) is 5.60. The van der Waals surface area contributed by atoms with Gasteiger partial charge >= 0.3 is 11.9 Å². The van der Waals surface area contributed by atoms with Gasteiger partial charge < -0.3 is 9.47 Å². The Morgan fingerprint density at radius 2 is 2.00 bits per heavy atom. The zero-order valence-corrected chi connectivity index (χ0v) is 14.3. The van der Waals surface area contributed by atoms with Crippen LogP contribution in [0.15, 0.2) is 29.3 Å². The Hall–Kier alpha value is -2.24. The van der Waals surface area contributed by atoms with E-state index < -0.39 is 29.4 Å². The van der Waals surface area contributed by atoms with E-state index in [4.69, 9.17) is 4.74 Å². The normalized spacial score (nSPS) is 21.4. The maximum absolute atomic E-state index is 14.4. The van der Waals surface area contributed by atoms with Gasteiger partial charge in [0.05, 0.1) is 19.1 Å². The Balaban J connectivity index is 2.51. The molecular formula is C18H22FNO4. The van der Waals surface area contributed by atoms with Gasteiger partial charge in [-0.25, -0.2) is 14.2 Å². The predicted octanol–water partition coefficient (Wildman–Crippen LogP) is 3.22. The second-order valence-electron chi connectivity index (χ2n) is 6.40. The molecule has 0 fully saturated rings. The first-order valence-corrected chi connectivity index (χ1v) is 7.94. The fraction of sp³-hybridized carbons (Fsp3) is 0.500. The maximum atomic E-state index is 14.4. The zero-order valence-electron chi connectivity index (χ0n) is 14.3. The second-order valence-corrected chi connectivity index (χ2v) is 6.40. The third-order valence-electron chi connectivity index (χ3n) is 4.01. The van der Waals surface area contributed by atoms with Crippen molar-refractivity contribution in [2.45, 2.75) is 39.3 Å². The van der Waals surface area contributed by atoms with Crippen LogP contribution < -0.4 is 0 Å². The van der Waals surface area contributed by atoms with E-state index in [0.717, 1.165) is 0 Å². The Morgan fingerprint density at radius 1 is 1.33 bits per heavy atom. The number of cyclic esters (lactones) is 1. The fourth-order valence-electron chi connectivity index (χ4n) is 2.80. The van der Waals surface area contributed by atoms with Crippen LogP contribution in [0.4, 0.5) is 4.39 Å². The molecule has 2 atom stereocenters. The number of hydrogen-bond donors (Lipinski definition) is 0. The molecule has 0 amide bonds. The zero-order chi connectivity index (χ0) is 17.9. The minimum Gasteiger partial charge on any atom is -0.469 e. The molecule has 1 aromatic rings. The molecule has 0 bridgehead atoms. The van der Waals surface area contributed by atoms with Crippen molar-refractivity contribution in [2.24, 2.45) is 16.8 Å². The average Bonchev–Trinajstić information content (AvgIpc) is 2.84. The third kappa shape index (κ3) is 3.47. The summed E-state index contributed by atoms with van der Waals surface area (Å²) in [5, 5.41) is 0. The first-order chi connectivity index (χ1) is 11.3. The van der Waals surface area contributed by atoms with Gasteiger partial charge in [-0.1, -0.05) is 39.0 Å². The molecule has 0 spiro atoms. The number of ether oxygens (including phenoxy) is 2. The van der Waals surface area contributed by atoms with Crippen LogP contribution >= 0.6 is 0 Å². The van der Waals surface area contributed by atoms with Crippen molar-refractivity contribution in [3.8, 4) is 0 Å². The summed E-state index contributed by atoms with van der Waals surface area (Å²) in [7, 11) is 1.28. The van der Waals surface area contributed by atoms with Crippen molar-refractivity contribution >= 4 is 17.7 Å². The summed E-state index contributed by atoms with van der Waals surface area (Å²) in [5.74, 6) is -1.94. The Labute approximate surface area is 140 Å². The molecule has 0 radical (unpaired) electrons. The van der Waals surface area contributed by atoms with E-state index in [2.05, 4.69) is 9.73 Å². The second kappa shape index (κ2) is 7.11. The smallest absolute Gasteiger partial charge is 0.354 e. The van der Waals surface area contributed by atoms with Crippen molar-refractivity contribution in [1.29, 1.82) is 0 Å². The summed E-state index contributed by atoms with van der Waals surface area (Å²) in [6, 6.07) is 6.01. The molecule has 1 heterocycles. The van der Waals surface area contributed by atoms with Crippen LogP contribution in [0.5, 0.6) is 0 Å². The van der Waals surface area contributed by atoms with Crippen molar-refractivity contribution < 1.29 is 23.5 Å². The highest BCUT2D eigenvalue weighted by atomic mass is 19.1. The van der Waals surface area contributed by atoms with E-state index in [1.54, 1.807) is 19.1 Å². The largest absolute Gasteiger partial charge is 0.469 e. The van der Waals surface area contributed by atoms with E-state index >= 15 is 0 Å². The number of carbonyl (C=O) groups excluding carboxylic acids is 2. The summed E-state index contributed by atoms with van der Waals surface area (Å²) in [6.07, 6.45) is 0.385. The molecule has 0 saturated carbocycles. The summed E-state index contributed by atoms with van der Waals surface area (Å²) in [4.78, 5) is 28.4. The summed E-state index contributed by atoms with van der Waals surface area (Å²) < 4.78 is 24.6. The quantitative estimate of drug-likeness (QED) is 0.749. The SMILES string of the molecule is COC(=O)C[C@@H](C)[C@@]1(c2ccccc2F)N=C(CC(C)C)C(=O)O1. The summed E-state index contributed by atoms with van der Waals surface area (Å²) >= 11 is 0. The molecule has 0 aromatic heterocycles. The molecule has 0 unspecified atom stereocenters.